The Hall–Kier alpha value is -4.02. The molecule has 0 radical (unpaired) electrons. The molecule has 1 aromatic heterocycles. The Balaban J connectivity index is 1.93. The molecular formula is C27H29ClN6O3S. The Morgan fingerprint density at radius 3 is 2.42 bits per heavy atom. The predicted molar refractivity (Wildman–Crippen MR) is 155 cm³/mol. The lowest BCUT2D eigenvalue weighted by Crippen LogP contribution is -2.19. The van der Waals surface area contributed by atoms with Crippen LogP contribution in [-0.4, -0.2) is 35.9 Å². The second-order valence-corrected chi connectivity index (χ2v) is 9.01. The standard InChI is InChI=1S/C27H29ClN6O3S/c1-14-10-21(22(37-5)11-19(14)17-6-8-18(9-7-17)26(36)30-4)33-27-31-12-20(28)25(34-27)32-16(3)23(24(29)35)15(2)13-38/h6-13,38H,1-5H3,(H2,29,35)(H,30,36)(H2,31,32,33,34)/b15-13-,23-16-. The Morgan fingerprint density at radius 1 is 1.16 bits per heavy atom. The molecule has 3 aromatic rings. The number of aromatic nitrogens is 2. The topological polar surface area (TPSA) is 131 Å². The number of halogens is 1. The molecule has 0 aliphatic carbocycles. The third kappa shape index (κ3) is 6.45. The van der Waals surface area contributed by atoms with Crippen molar-refractivity contribution in [3.8, 4) is 16.9 Å². The summed E-state index contributed by atoms with van der Waals surface area (Å²) in [7, 11) is 3.17. The van der Waals surface area contributed by atoms with E-state index >= 15 is 0 Å². The zero-order valence-electron chi connectivity index (χ0n) is 21.6. The lowest BCUT2D eigenvalue weighted by Gasteiger charge is -2.16. The van der Waals surface area contributed by atoms with Gasteiger partial charge in [0.25, 0.3) is 11.8 Å². The van der Waals surface area contributed by atoms with Crippen LogP contribution in [0.25, 0.3) is 11.1 Å². The van der Waals surface area contributed by atoms with Gasteiger partial charge in [-0.15, -0.1) is 0 Å². The molecule has 38 heavy (non-hydrogen) atoms. The SMILES string of the molecule is CNC(=O)c1ccc(-c2cc(OC)c(Nc3ncc(Cl)c(N/C(C)=C(C(N)=O)/C(C)=C\S)n3)cc2C)cc1. The zero-order chi connectivity index (χ0) is 28.0. The molecule has 2 amide bonds. The van der Waals surface area contributed by atoms with Gasteiger partial charge in [-0.2, -0.15) is 17.6 Å². The highest BCUT2D eigenvalue weighted by Crippen LogP contribution is 2.36. The maximum atomic E-state index is 12.0. The summed E-state index contributed by atoms with van der Waals surface area (Å²) >= 11 is 10.4. The van der Waals surface area contributed by atoms with E-state index in [-0.39, 0.29) is 28.3 Å². The van der Waals surface area contributed by atoms with Crippen LogP contribution in [0.5, 0.6) is 5.75 Å². The van der Waals surface area contributed by atoms with Gasteiger partial charge in [-0.25, -0.2) is 4.98 Å². The van der Waals surface area contributed by atoms with E-state index < -0.39 is 5.91 Å². The Bertz CT molecular complexity index is 1440. The highest BCUT2D eigenvalue weighted by molar-refractivity contribution is 7.83. The van der Waals surface area contributed by atoms with Gasteiger partial charge in [-0.05, 0) is 72.7 Å². The lowest BCUT2D eigenvalue weighted by atomic mass is 9.98. The predicted octanol–water partition coefficient (Wildman–Crippen LogP) is 5.22. The summed E-state index contributed by atoms with van der Waals surface area (Å²) in [6, 6.07) is 11.1. The molecule has 0 saturated carbocycles. The van der Waals surface area contributed by atoms with Gasteiger partial charge in [0.2, 0.25) is 5.95 Å². The average Bonchev–Trinajstić information content (AvgIpc) is 2.90. The number of carbonyl (C=O) groups is 2. The molecule has 0 aliphatic heterocycles. The molecule has 0 atom stereocenters. The van der Waals surface area contributed by atoms with E-state index in [4.69, 9.17) is 22.1 Å². The molecule has 2 aromatic carbocycles. The summed E-state index contributed by atoms with van der Waals surface area (Å²) < 4.78 is 5.63. The number of carbonyl (C=O) groups excluding carboxylic acids is 2. The van der Waals surface area contributed by atoms with Crippen molar-refractivity contribution in [3.63, 3.8) is 0 Å². The zero-order valence-corrected chi connectivity index (χ0v) is 23.3. The Kier molecular flexibility index (Phi) is 9.38. The average molecular weight is 553 g/mol. The number of hydrogen-bond acceptors (Lipinski definition) is 8. The molecule has 0 bridgehead atoms. The molecule has 0 saturated heterocycles. The number of anilines is 3. The van der Waals surface area contributed by atoms with Gasteiger partial charge >= 0.3 is 0 Å². The number of thiol groups is 1. The van der Waals surface area contributed by atoms with Crippen LogP contribution in [0.3, 0.4) is 0 Å². The number of aryl methyl sites for hydroxylation is 1. The van der Waals surface area contributed by atoms with E-state index in [0.717, 1.165) is 16.7 Å². The van der Waals surface area contributed by atoms with Crippen LogP contribution in [0.15, 0.2) is 64.8 Å². The fourth-order valence-corrected chi connectivity index (χ4v) is 4.09. The first-order chi connectivity index (χ1) is 18.1. The van der Waals surface area contributed by atoms with E-state index in [2.05, 4.69) is 38.5 Å². The normalized spacial score (nSPS) is 11.9. The molecule has 0 fully saturated rings. The molecule has 0 spiro atoms. The van der Waals surface area contributed by atoms with Crippen molar-refractivity contribution in [2.24, 2.45) is 5.73 Å². The summed E-state index contributed by atoms with van der Waals surface area (Å²) in [5.74, 6) is 0.357. The molecule has 0 unspecified atom stereocenters. The Morgan fingerprint density at radius 2 is 1.84 bits per heavy atom. The summed E-state index contributed by atoms with van der Waals surface area (Å²) in [6.07, 6.45) is 1.44. The number of rotatable bonds is 9. The summed E-state index contributed by atoms with van der Waals surface area (Å²) in [5, 5.41) is 10.6. The molecule has 0 aliphatic rings. The fourth-order valence-electron chi connectivity index (χ4n) is 3.83. The second-order valence-electron chi connectivity index (χ2n) is 8.34. The Labute approximate surface area is 232 Å². The van der Waals surface area contributed by atoms with E-state index in [9.17, 15) is 9.59 Å². The number of nitrogens with zero attached hydrogens (tertiary/aromatic N) is 2. The monoisotopic (exact) mass is 552 g/mol. The number of allylic oxidation sites excluding steroid dienone is 1. The molecule has 11 heteroatoms. The first kappa shape index (κ1) is 28.5. The van der Waals surface area contributed by atoms with Crippen LogP contribution in [0.1, 0.15) is 29.8 Å². The number of methoxy groups -OCH3 is 1. The third-order valence-corrected chi connectivity index (χ3v) is 6.40. The van der Waals surface area contributed by atoms with E-state index in [1.807, 2.05) is 31.2 Å². The van der Waals surface area contributed by atoms with Crippen molar-refractivity contribution < 1.29 is 14.3 Å². The van der Waals surface area contributed by atoms with Crippen molar-refractivity contribution in [1.82, 2.24) is 15.3 Å². The van der Waals surface area contributed by atoms with Gasteiger partial charge in [-0.1, -0.05) is 23.7 Å². The van der Waals surface area contributed by atoms with Gasteiger partial charge in [-0.3, -0.25) is 9.59 Å². The van der Waals surface area contributed by atoms with Crippen molar-refractivity contribution in [3.05, 3.63) is 81.0 Å². The van der Waals surface area contributed by atoms with Crippen LogP contribution < -0.4 is 26.4 Å². The smallest absolute Gasteiger partial charge is 0.251 e. The van der Waals surface area contributed by atoms with Crippen molar-refractivity contribution in [1.29, 1.82) is 0 Å². The largest absolute Gasteiger partial charge is 0.495 e. The van der Waals surface area contributed by atoms with Crippen LogP contribution in [0.4, 0.5) is 17.5 Å². The minimum Gasteiger partial charge on any atom is -0.495 e. The third-order valence-electron chi connectivity index (χ3n) is 5.74. The van der Waals surface area contributed by atoms with E-state index in [0.29, 0.717) is 28.3 Å². The maximum Gasteiger partial charge on any atom is 0.251 e. The maximum absolute atomic E-state index is 12.0. The first-order valence-corrected chi connectivity index (χ1v) is 12.4. The lowest BCUT2D eigenvalue weighted by molar-refractivity contribution is -0.114. The molecular weight excluding hydrogens is 524 g/mol. The number of hydrogen-bond donors (Lipinski definition) is 5. The highest BCUT2D eigenvalue weighted by atomic mass is 35.5. The van der Waals surface area contributed by atoms with Gasteiger partial charge < -0.3 is 26.4 Å². The van der Waals surface area contributed by atoms with Gasteiger partial charge in [0, 0.05) is 18.3 Å². The molecule has 3 rings (SSSR count). The first-order valence-electron chi connectivity index (χ1n) is 11.5. The van der Waals surface area contributed by atoms with E-state index in [1.54, 1.807) is 40.1 Å². The van der Waals surface area contributed by atoms with Crippen LogP contribution >= 0.6 is 24.2 Å². The molecule has 9 nitrogen and oxygen atoms in total. The summed E-state index contributed by atoms with van der Waals surface area (Å²) in [6.45, 7) is 5.39. The van der Waals surface area contributed by atoms with Crippen molar-refractivity contribution >= 4 is 53.5 Å². The fraction of sp³-hybridized carbons (Fsp3) is 0.185. The minimum absolute atomic E-state index is 0.146. The van der Waals surface area contributed by atoms with Gasteiger partial charge in [0.1, 0.15) is 10.8 Å². The quantitative estimate of drug-likeness (QED) is 0.140. The van der Waals surface area contributed by atoms with Crippen LogP contribution in [0, 0.1) is 6.92 Å². The number of ether oxygens (including phenoxy) is 1. The van der Waals surface area contributed by atoms with Crippen LogP contribution in [-0.2, 0) is 4.79 Å². The number of benzene rings is 2. The molecule has 1 heterocycles. The summed E-state index contributed by atoms with van der Waals surface area (Å²) in [4.78, 5) is 32.6. The number of nitrogens with one attached hydrogen (secondary N) is 3. The van der Waals surface area contributed by atoms with Gasteiger partial charge in [0.15, 0.2) is 5.82 Å². The second kappa shape index (κ2) is 12.5. The van der Waals surface area contributed by atoms with E-state index in [1.165, 1.54) is 11.6 Å². The number of primary amides is 1. The molecule has 198 valence electrons. The van der Waals surface area contributed by atoms with Crippen molar-refractivity contribution in [2.75, 3.05) is 24.8 Å². The highest BCUT2D eigenvalue weighted by Gasteiger charge is 2.16. The number of nitrogens with two attached hydrogens (primary N) is 1. The van der Waals surface area contributed by atoms with Gasteiger partial charge in [0.05, 0.1) is 24.6 Å². The van der Waals surface area contributed by atoms with Crippen molar-refractivity contribution in [2.45, 2.75) is 20.8 Å². The van der Waals surface area contributed by atoms with Crippen LogP contribution in [0.2, 0.25) is 5.02 Å². The molecule has 5 N–H and O–H groups in total. The summed E-state index contributed by atoms with van der Waals surface area (Å²) in [5.41, 5.74) is 11.0. The minimum atomic E-state index is -0.607. The number of amides is 2.